The van der Waals surface area contributed by atoms with Crippen LogP contribution in [0, 0.1) is 0 Å². The van der Waals surface area contributed by atoms with Gasteiger partial charge in [-0.3, -0.25) is 4.79 Å². The smallest absolute Gasteiger partial charge is 0.254 e. The number of carbonyl (C=O) groups excluding carboxylic acids is 1. The van der Waals surface area contributed by atoms with Gasteiger partial charge in [0.2, 0.25) is 10.0 Å². The Bertz CT molecular complexity index is 693. The van der Waals surface area contributed by atoms with E-state index >= 15 is 0 Å². The number of hydrogen-bond acceptors (Lipinski definition) is 3. The van der Waals surface area contributed by atoms with Crippen LogP contribution in [-0.2, 0) is 10.0 Å². The maximum Gasteiger partial charge on any atom is 0.254 e. The highest BCUT2D eigenvalue weighted by molar-refractivity contribution is 7.89. The van der Waals surface area contributed by atoms with Gasteiger partial charge in [0.15, 0.2) is 0 Å². The lowest BCUT2D eigenvalue weighted by atomic mass is 9.96. The van der Waals surface area contributed by atoms with Crippen LogP contribution in [0.5, 0.6) is 0 Å². The van der Waals surface area contributed by atoms with E-state index in [9.17, 15) is 13.2 Å². The van der Waals surface area contributed by atoms with Crippen molar-refractivity contribution in [2.24, 2.45) is 0 Å². The van der Waals surface area contributed by atoms with Crippen molar-refractivity contribution in [3.05, 3.63) is 28.8 Å². The van der Waals surface area contributed by atoms with Crippen LogP contribution in [0.1, 0.15) is 43.5 Å². The molecular weight excluding hydrogens is 336 g/mol. The molecule has 2 rings (SSSR count). The topological polar surface area (TPSA) is 57.7 Å². The van der Waals surface area contributed by atoms with E-state index in [4.69, 9.17) is 11.6 Å². The molecule has 0 saturated carbocycles. The van der Waals surface area contributed by atoms with Crippen molar-refractivity contribution in [1.29, 1.82) is 0 Å². The molecule has 1 heterocycles. The van der Waals surface area contributed by atoms with E-state index < -0.39 is 10.0 Å². The zero-order valence-corrected chi connectivity index (χ0v) is 15.5. The molecule has 0 N–H and O–H groups in total. The van der Waals surface area contributed by atoms with Crippen LogP contribution in [0.4, 0.5) is 0 Å². The summed E-state index contributed by atoms with van der Waals surface area (Å²) in [7, 11) is -0.812. The van der Waals surface area contributed by atoms with Gasteiger partial charge >= 0.3 is 0 Å². The average molecular weight is 359 g/mol. The SMILES string of the molecule is CC1CCCC(C)N1C(=O)c1ccc(Cl)c(S(=O)(=O)N(C)C)c1. The minimum Gasteiger partial charge on any atom is -0.333 e. The number of amides is 1. The highest BCUT2D eigenvalue weighted by atomic mass is 35.5. The summed E-state index contributed by atoms with van der Waals surface area (Å²) in [5.41, 5.74) is 0.357. The van der Waals surface area contributed by atoms with Crippen molar-refractivity contribution < 1.29 is 13.2 Å². The fourth-order valence-electron chi connectivity index (χ4n) is 3.00. The van der Waals surface area contributed by atoms with E-state index in [0.29, 0.717) is 5.56 Å². The molecule has 0 bridgehead atoms. The molecule has 0 aromatic heterocycles. The van der Waals surface area contributed by atoms with E-state index in [1.165, 1.54) is 26.2 Å². The number of benzene rings is 1. The van der Waals surface area contributed by atoms with Crippen molar-refractivity contribution >= 4 is 27.5 Å². The summed E-state index contributed by atoms with van der Waals surface area (Å²) in [6, 6.07) is 4.75. The Morgan fingerprint density at radius 1 is 1.22 bits per heavy atom. The number of rotatable bonds is 3. The molecule has 0 spiro atoms. The summed E-state index contributed by atoms with van der Waals surface area (Å²) in [5.74, 6) is -0.142. The molecule has 1 aromatic rings. The molecule has 1 aromatic carbocycles. The minimum atomic E-state index is -3.69. The van der Waals surface area contributed by atoms with Crippen LogP contribution in [-0.4, -0.2) is 49.7 Å². The fraction of sp³-hybridized carbons (Fsp3) is 0.562. The quantitative estimate of drug-likeness (QED) is 0.834. The van der Waals surface area contributed by atoms with E-state index in [2.05, 4.69) is 0 Å². The molecule has 5 nitrogen and oxygen atoms in total. The Morgan fingerprint density at radius 2 is 1.78 bits per heavy atom. The van der Waals surface area contributed by atoms with Gasteiger partial charge in [-0.15, -0.1) is 0 Å². The molecule has 1 fully saturated rings. The third-order valence-corrected chi connectivity index (χ3v) is 6.66. The maximum absolute atomic E-state index is 12.9. The second-order valence-corrected chi connectivity index (χ2v) is 8.80. The first-order valence-electron chi connectivity index (χ1n) is 7.71. The molecular formula is C16H23ClN2O3S. The molecule has 1 saturated heterocycles. The minimum absolute atomic E-state index is 0.0349. The van der Waals surface area contributed by atoms with Crippen molar-refractivity contribution in [3.8, 4) is 0 Å². The van der Waals surface area contributed by atoms with Gasteiger partial charge in [0.05, 0.1) is 5.02 Å². The van der Waals surface area contributed by atoms with E-state index in [0.717, 1.165) is 23.6 Å². The third-order valence-electron chi connectivity index (χ3n) is 4.36. The largest absolute Gasteiger partial charge is 0.333 e. The number of carbonyl (C=O) groups is 1. The lowest BCUT2D eigenvalue weighted by molar-refractivity contribution is 0.0510. The predicted molar refractivity (Wildman–Crippen MR) is 91.3 cm³/mol. The first kappa shape index (κ1) is 18.2. The summed E-state index contributed by atoms with van der Waals surface area (Å²) < 4.78 is 25.8. The van der Waals surface area contributed by atoms with Gasteiger partial charge in [0, 0.05) is 31.7 Å². The molecule has 0 aliphatic carbocycles. The van der Waals surface area contributed by atoms with Gasteiger partial charge in [-0.2, -0.15) is 0 Å². The summed E-state index contributed by atoms with van der Waals surface area (Å²) >= 11 is 6.04. The second-order valence-electron chi connectivity index (χ2n) is 6.27. The molecule has 128 valence electrons. The highest BCUT2D eigenvalue weighted by Crippen LogP contribution is 2.28. The van der Waals surface area contributed by atoms with Crippen molar-refractivity contribution in [1.82, 2.24) is 9.21 Å². The lowest BCUT2D eigenvalue weighted by Gasteiger charge is -2.39. The third kappa shape index (κ3) is 3.54. The van der Waals surface area contributed by atoms with Crippen LogP contribution in [0.15, 0.2) is 23.1 Å². The molecule has 1 amide bonds. The molecule has 1 aliphatic rings. The van der Waals surface area contributed by atoms with Gasteiger partial charge in [-0.05, 0) is 51.3 Å². The fourth-order valence-corrected chi connectivity index (χ4v) is 4.40. The summed E-state index contributed by atoms with van der Waals surface area (Å²) in [4.78, 5) is 14.7. The van der Waals surface area contributed by atoms with Gasteiger partial charge in [0.1, 0.15) is 4.90 Å². The summed E-state index contributed by atoms with van der Waals surface area (Å²) in [6.07, 6.45) is 3.03. The number of piperidine rings is 1. The molecule has 2 atom stereocenters. The Morgan fingerprint density at radius 3 is 2.30 bits per heavy atom. The Hall–Kier alpha value is -1.11. The van der Waals surface area contributed by atoms with Crippen molar-refractivity contribution in [2.75, 3.05) is 14.1 Å². The number of halogens is 1. The standard InChI is InChI=1S/C16H23ClN2O3S/c1-11-6-5-7-12(2)19(11)16(20)13-8-9-14(17)15(10-13)23(21,22)18(3)4/h8-12H,5-7H2,1-4H3. The van der Waals surface area contributed by atoms with Crippen LogP contribution < -0.4 is 0 Å². The predicted octanol–water partition coefficient (Wildman–Crippen LogP) is 2.99. The molecule has 23 heavy (non-hydrogen) atoms. The Balaban J connectivity index is 2.43. The molecule has 1 aliphatic heterocycles. The summed E-state index contributed by atoms with van der Waals surface area (Å²) in [5, 5.41) is 0.120. The van der Waals surface area contributed by atoms with Crippen molar-refractivity contribution in [3.63, 3.8) is 0 Å². The van der Waals surface area contributed by atoms with Crippen LogP contribution in [0.25, 0.3) is 0 Å². The highest BCUT2D eigenvalue weighted by Gasteiger charge is 2.31. The van der Waals surface area contributed by atoms with E-state index in [1.54, 1.807) is 6.07 Å². The monoisotopic (exact) mass is 358 g/mol. The lowest BCUT2D eigenvalue weighted by Crippen LogP contribution is -2.47. The number of nitrogens with zero attached hydrogens (tertiary/aromatic N) is 2. The number of hydrogen-bond donors (Lipinski definition) is 0. The Kier molecular flexibility index (Phi) is 5.38. The van der Waals surface area contributed by atoms with Crippen LogP contribution in [0.2, 0.25) is 5.02 Å². The van der Waals surface area contributed by atoms with E-state index in [-0.39, 0.29) is 27.9 Å². The van der Waals surface area contributed by atoms with Crippen molar-refractivity contribution in [2.45, 2.75) is 50.1 Å². The second kappa shape index (κ2) is 6.79. The van der Waals surface area contributed by atoms with Crippen LogP contribution >= 0.6 is 11.6 Å². The van der Waals surface area contributed by atoms with Gasteiger partial charge in [-0.1, -0.05) is 11.6 Å². The van der Waals surface area contributed by atoms with E-state index in [1.807, 2.05) is 18.7 Å². The number of likely N-dealkylation sites (tertiary alicyclic amines) is 1. The van der Waals surface area contributed by atoms with Crippen LogP contribution in [0.3, 0.4) is 0 Å². The zero-order valence-electron chi connectivity index (χ0n) is 13.9. The Labute approximate surface area is 143 Å². The van der Waals surface area contributed by atoms with Gasteiger partial charge in [0.25, 0.3) is 5.91 Å². The number of sulfonamides is 1. The summed E-state index contributed by atoms with van der Waals surface area (Å²) in [6.45, 7) is 4.06. The maximum atomic E-state index is 12.9. The average Bonchev–Trinajstić information content (AvgIpc) is 2.46. The molecule has 2 unspecified atom stereocenters. The molecule has 0 radical (unpaired) electrons. The normalized spacial score (nSPS) is 22.4. The van der Waals surface area contributed by atoms with Gasteiger partial charge < -0.3 is 4.90 Å². The molecule has 7 heteroatoms. The first-order chi connectivity index (χ1) is 10.7. The zero-order chi connectivity index (χ0) is 17.4. The first-order valence-corrected chi connectivity index (χ1v) is 9.52. The van der Waals surface area contributed by atoms with Gasteiger partial charge in [-0.25, -0.2) is 12.7 Å².